The third-order valence-electron chi connectivity index (χ3n) is 3.72. The minimum Gasteiger partial charge on any atom is -0.349 e. The molecule has 0 unspecified atom stereocenters. The summed E-state index contributed by atoms with van der Waals surface area (Å²) in [6.07, 6.45) is 0. The predicted molar refractivity (Wildman–Crippen MR) is 89.0 cm³/mol. The Hall–Kier alpha value is -3.22. The van der Waals surface area contributed by atoms with Gasteiger partial charge in [0.05, 0.1) is 11.0 Å². The van der Waals surface area contributed by atoms with Crippen LogP contribution in [0.2, 0.25) is 0 Å². The molecule has 0 fully saturated rings. The Morgan fingerprint density at radius 2 is 1.83 bits per heavy atom. The molecule has 0 bridgehead atoms. The Morgan fingerprint density at radius 1 is 1.00 bits per heavy atom. The maximum atomic E-state index is 4.55. The summed E-state index contributed by atoms with van der Waals surface area (Å²) >= 11 is 0. The molecule has 4 aromatic rings. The van der Waals surface area contributed by atoms with Crippen LogP contribution in [0.4, 0.5) is 5.95 Å². The lowest BCUT2D eigenvalue weighted by molar-refractivity contribution is 0.881. The van der Waals surface area contributed by atoms with E-state index >= 15 is 0 Å². The number of aromatic amines is 2. The molecule has 0 aliphatic rings. The number of anilines is 1. The van der Waals surface area contributed by atoms with E-state index in [9.17, 15) is 0 Å². The number of fused-ring (bicyclic) bond motifs is 1. The van der Waals surface area contributed by atoms with E-state index in [1.54, 1.807) is 0 Å². The summed E-state index contributed by atoms with van der Waals surface area (Å²) in [6, 6.07) is 14.2. The number of tetrazole rings is 1. The highest BCUT2D eigenvalue weighted by molar-refractivity contribution is 5.87. The molecule has 0 radical (unpaired) electrons. The van der Waals surface area contributed by atoms with Gasteiger partial charge in [0.1, 0.15) is 0 Å². The van der Waals surface area contributed by atoms with Crippen LogP contribution in [0.1, 0.15) is 0 Å². The van der Waals surface area contributed by atoms with Crippen LogP contribution >= 0.6 is 0 Å². The summed E-state index contributed by atoms with van der Waals surface area (Å²) in [7, 11) is 3.92. The van der Waals surface area contributed by atoms with E-state index in [2.05, 4.69) is 48.8 Å². The van der Waals surface area contributed by atoms with Crippen LogP contribution in [0, 0.1) is 0 Å². The van der Waals surface area contributed by atoms with E-state index in [1.165, 1.54) is 0 Å². The average Bonchev–Trinajstić information content (AvgIpc) is 3.23. The Morgan fingerprint density at radius 3 is 2.57 bits per heavy atom. The number of nitrogens with one attached hydrogen (secondary N) is 2. The maximum absolute atomic E-state index is 4.55. The van der Waals surface area contributed by atoms with Crippen molar-refractivity contribution in [2.45, 2.75) is 0 Å². The van der Waals surface area contributed by atoms with Crippen molar-refractivity contribution >= 4 is 17.0 Å². The quantitative estimate of drug-likeness (QED) is 0.607. The minimum absolute atomic E-state index is 0.583. The first-order valence-electron chi connectivity index (χ1n) is 7.23. The Labute approximate surface area is 132 Å². The van der Waals surface area contributed by atoms with Gasteiger partial charge in [0.25, 0.3) is 0 Å². The lowest BCUT2D eigenvalue weighted by Crippen LogP contribution is -2.09. The van der Waals surface area contributed by atoms with Gasteiger partial charge in [-0.1, -0.05) is 30.3 Å². The molecular weight excluding hydrogens is 290 g/mol. The van der Waals surface area contributed by atoms with Gasteiger partial charge in [0.2, 0.25) is 11.8 Å². The van der Waals surface area contributed by atoms with Gasteiger partial charge in [-0.25, -0.2) is 4.98 Å². The molecule has 2 aromatic carbocycles. The summed E-state index contributed by atoms with van der Waals surface area (Å²) in [6.45, 7) is 0. The number of hydrogen-bond acceptors (Lipinski definition) is 5. The predicted octanol–water partition coefficient (Wildman–Crippen LogP) is 2.48. The second-order valence-electron chi connectivity index (χ2n) is 5.47. The van der Waals surface area contributed by atoms with Gasteiger partial charge >= 0.3 is 0 Å². The maximum Gasteiger partial charge on any atom is 0.205 e. The lowest BCUT2D eigenvalue weighted by atomic mass is 9.99. The molecule has 7 nitrogen and oxygen atoms in total. The number of imidazole rings is 1. The first kappa shape index (κ1) is 13.4. The van der Waals surface area contributed by atoms with Crippen molar-refractivity contribution in [1.29, 1.82) is 0 Å². The highest BCUT2D eigenvalue weighted by Crippen LogP contribution is 2.31. The summed E-state index contributed by atoms with van der Waals surface area (Å²) in [5.41, 5.74) is 5.00. The fourth-order valence-electron chi connectivity index (χ4n) is 2.58. The zero-order valence-electron chi connectivity index (χ0n) is 12.8. The number of H-pyrrole nitrogens is 2. The molecule has 0 saturated carbocycles. The van der Waals surface area contributed by atoms with Crippen molar-refractivity contribution < 1.29 is 0 Å². The first-order chi connectivity index (χ1) is 11.2. The van der Waals surface area contributed by atoms with Crippen molar-refractivity contribution in [3.05, 3.63) is 42.5 Å². The summed E-state index contributed by atoms with van der Waals surface area (Å²) in [5.74, 6) is 1.42. The van der Waals surface area contributed by atoms with Gasteiger partial charge in [-0.2, -0.15) is 5.21 Å². The summed E-state index contributed by atoms with van der Waals surface area (Å²) in [5, 5.41) is 14.3. The molecule has 4 rings (SSSR count). The summed E-state index contributed by atoms with van der Waals surface area (Å²) in [4.78, 5) is 9.83. The SMILES string of the molecule is CN(C)c1nc2ccc(-c3ccccc3-c3nn[nH]n3)cc2[nH]1. The first-order valence-corrected chi connectivity index (χ1v) is 7.23. The molecule has 2 heterocycles. The third-order valence-corrected chi connectivity index (χ3v) is 3.72. The van der Waals surface area contributed by atoms with Gasteiger partial charge in [0.15, 0.2) is 0 Å². The van der Waals surface area contributed by atoms with Gasteiger partial charge < -0.3 is 9.88 Å². The van der Waals surface area contributed by atoms with Crippen LogP contribution in [-0.4, -0.2) is 44.7 Å². The highest BCUT2D eigenvalue weighted by Gasteiger charge is 2.12. The van der Waals surface area contributed by atoms with Crippen LogP contribution in [0.15, 0.2) is 42.5 Å². The van der Waals surface area contributed by atoms with E-state index in [4.69, 9.17) is 0 Å². The average molecular weight is 305 g/mol. The molecule has 0 aliphatic heterocycles. The molecule has 2 aromatic heterocycles. The summed E-state index contributed by atoms with van der Waals surface area (Å²) < 4.78 is 0. The Bertz CT molecular complexity index is 954. The molecule has 0 amide bonds. The van der Waals surface area contributed by atoms with E-state index in [0.717, 1.165) is 33.7 Å². The minimum atomic E-state index is 0.583. The van der Waals surface area contributed by atoms with Crippen LogP contribution < -0.4 is 4.90 Å². The Balaban J connectivity index is 1.86. The number of aromatic nitrogens is 6. The monoisotopic (exact) mass is 305 g/mol. The van der Waals surface area contributed by atoms with Gasteiger partial charge in [0, 0.05) is 19.7 Å². The number of hydrogen-bond donors (Lipinski definition) is 2. The molecule has 0 spiro atoms. The molecule has 0 saturated heterocycles. The third kappa shape index (κ3) is 2.32. The lowest BCUT2D eigenvalue weighted by Gasteiger charge is -2.06. The van der Waals surface area contributed by atoms with E-state index in [-0.39, 0.29) is 0 Å². The second kappa shape index (κ2) is 5.20. The van der Waals surface area contributed by atoms with Crippen LogP contribution in [0.5, 0.6) is 0 Å². The molecule has 0 aliphatic carbocycles. The number of benzene rings is 2. The van der Waals surface area contributed by atoms with Gasteiger partial charge in [-0.15, -0.1) is 10.2 Å². The molecule has 2 N–H and O–H groups in total. The van der Waals surface area contributed by atoms with E-state index in [0.29, 0.717) is 5.82 Å². The zero-order chi connectivity index (χ0) is 15.8. The van der Waals surface area contributed by atoms with Crippen molar-refractivity contribution in [1.82, 2.24) is 30.6 Å². The fraction of sp³-hybridized carbons (Fsp3) is 0.125. The normalized spacial score (nSPS) is 11.0. The van der Waals surface area contributed by atoms with Crippen molar-refractivity contribution in [2.24, 2.45) is 0 Å². The van der Waals surface area contributed by atoms with Crippen molar-refractivity contribution in [3.63, 3.8) is 0 Å². The molecule has 0 atom stereocenters. The molecule has 23 heavy (non-hydrogen) atoms. The molecular formula is C16H15N7. The highest BCUT2D eigenvalue weighted by atomic mass is 15.5. The van der Waals surface area contributed by atoms with Crippen molar-refractivity contribution in [2.75, 3.05) is 19.0 Å². The smallest absolute Gasteiger partial charge is 0.205 e. The second-order valence-corrected chi connectivity index (χ2v) is 5.47. The molecule has 7 heteroatoms. The molecule has 114 valence electrons. The van der Waals surface area contributed by atoms with Gasteiger partial charge in [-0.3, -0.25) is 0 Å². The number of nitrogens with zero attached hydrogens (tertiary/aromatic N) is 5. The van der Waals surface area contributed by atoms with Crippen LogP contribution in [-0.2, 0) is 0 Å². The number of rotatable bonds is 3. The topological polar surface area (TPSA) is 86.4 Å². The van der Waals surface area contributed by atoms with Crippen LogP contribution in [0.25, 0.3) is 33.5 Å². The van der Waals surface area contributed by atoms with E-state index < -0.39 is 0 Å². The van der Waals surface area contributed by atoms with Crippen LogP contribution in [0.3, 0.4) is 0 Å². The largest absolute Gasteiger partial charge is 0.349 e. The Kier molecular flexibility index (Phi) is 3.04. The zero-order valence-corrected chi connectivity index (χ0v) is 12.8. The fourth-order valence-corrected chi connectivity index (χ4v) is 2.58. The van der Waals surface area contributed by atoms with Gasteiger partial charge in [-0.05, 0) is 28.5 Å². The van der Waals surface area contributed by atoms with Crippen molar-refractivity contribution in [3.8, 4) is 22.5 Å². The standard InChI is InChI=1S/C16H15N7/c1-23(2)16-17-13-8-7-10(9-14(13)18-16)11-5-3-4-6-12(11)15-19-21-22-20-15/h3-9H,1-2H3,(H,17,18)(H,19,20,21,22). The van der Waals surface area contributed by atoms with E-state index in [1.807, 2.05) is 43.3 Å².